The lowest BCUT2D eigenvalue weighted by atomic mass is 10.1. The minimum Gasteiger partial charge on any atom is -0.308 e. The van der Waals surface area contributed by atoms with Gasteiger partial charge in [-0.05, 0) is 43.9 Å². The van der Waals surface area contributed by atoms with Gasteiger partial charge in [0.25, 0.3) is 0 Å². The van der Waals surface area contributed by atoms with Crippen molar-refractivity contribution < 1.29 is 0 Å². The van der Waals surface area contributed by atoms with Crippen molar-refractivity contribution in [3.05, 3.63) is 34.2 Å². The fraction of sp³-hybridized carbons (Fsp3) is 0.533. The van der Waals surface area contributed by atoms with Crippen molar-refractivity contribution in [2.45, 2.75) is 45.2 Å². The summed E-state index contributed by atoms with van der Waals surface area (Å²) in [6.07, 6.45) is 4.07. The highest BCUT2D eigenvalue weighted by atomic mass is 16.1. The number of hydrogen-bond acceptors (Lipinski definition) is 2. The van der Waals surface area contributed by atoms with Gasteiger partial charge < -0.3 is 15.3 Å². The molecule has 2 aromatic rings. The van der Waals surface area contributed by atoms with Gasteiger partial charge in [0.15, 0.2) is 0 Å². The molecule has 4 heteroatoms. The number of fused-ring (bicyclic) bond motifs is 1. The van der Waals surface area contributed by atoms with E-state index in [4.69, 9.17) is 0 Å². The van der Waals surface area contributed by atoms with Crippen molar-refractivity contribution in [1.82, 2.24) is 15.3 Å². The zero-order valence-corrected chi connectivity index (χ0v) is 11.5. The third kappa shape index (κ3) is 2.89. The highest BCUT2D eigenvalue weighted by Gasteiger charge is 2.24. The molecule has 19 heavy (non-hydrogen) atoms. The molecular weight excluding hydrogens is 238 g/mol. The summed E-state index contributed by atoms with van der Waals surface area (Å²) >= 11 is 0. The van der Waals surface area contributed by atoms with E-state index in [0.717, 1.165) is 17.0 Å². The molecule has 0 radical (unpaired) electrons. The maximum absolute atomic E-state index is 11.2. The summed E-state index contributed by atoms with van der Waals surface area (Å²) in [5.41, 5.74) is 2.82. The molecule has 1 fully saturated rings. The van der Waals surface area contributed by atoms with Gasteiger partial charge in [-0.2, -0.15) is 0 Å². The van der Waals surface area contributed by atoms with Crippen molar-refractivity contribution in [3.63, 3.8) is 0 Å². The molecule has 1 aliphatic rings. The molecule has 3 N–H and O–H groups in total. The van der Waals surface area contributed by atoms with Crippen LogP contribution in [0, 0.1) is 5.92 Å². The third-order valence-corrected chi connectivity index (χ3v) is 3.96. The van der Waals surface area contributed by atoms with Crippen LogP contribution in [0.5, 0.6) is 0 Å². The van der Waals surface area contributed by atoms with E-state index in [2.05, 4.69) is 41.3 Å². The average molecular weight is 259 g/mol. The smallest absolute Gasteiger partial charge is 0.308 e. The first kappa shape index (κ1) is 12.5. The Balaban J connectivity index is 1.72. The van der Waals surface area contributed by atoms with Crippen molar-refractivity contribution in [2.24, 2.45) is 5.92 Å². The SMILES string of the molecule is CC(CC1CC1)NC(C)c1ccc2[nH]c(=O)[nH]c2c1. The Morgan fingerprint density at radius 1 is 1.26 bits per heavy atom. The number of imidazole rings is 1. The van der Waals surface area contributed by atoms with Gasteiger partial charge in [0.1, 0.15) is 0 Å². The largest absolute Gasteiger partial charge is 0.323 e. The number of nitrogens with one attached hydrogen (secondary N) is 3. The van der Waals surface area contributed by atoms with E-state index in [-0.39, 0.29) is 5.69 Å². The topological polar surface area (TPSA) is 60.7 Å². The van der Waals surface area contributed by atoms with Crippen molar-refractivity contribution >= 4 is 11.0 Å². The van der Waals surface area contributed by atoms with Crippen LogP contribution in [0.1, 0.15) is 44.7 Å². The number of hydrogen-bond donors (Lipinski definition) is 3. The molecule has 0 spiro atoms. The van der Waals surface area contributed by atoms with Crippen molar-refractivity contribution in [1.29, 1.82) is 0 Å². The van der Waals surface area contributed by atoms with Crippen LogP contribution >= 0.6 is 0 Å². The third-order valence-electron chi connectivity index (χ3n) is 3.96. The molecule has 2 unspecified atom stereocenters. The molecular formula is C15H21N3O. The number of H-pyrrole nitrogens is 2. The Bertz CT molecular complexity index is 624. The maximum Gasteiger partial charge on any atom is 0.323 e. The quantitative estimate of drug-likeness (QED) is 0.773. The zero-order chi connectivity index (χ0) is 13.4. The van der Waals surface area contributed by atoms with Crippen LogP contribution in [-0.4, -0.2) is 16.0 Å². The van der Waals surface area contributed by atoms with Gasteiger partial charge in [0.05, 0.1) is 11.0 Å². The van der Waals surface area contributed by atoms with Gasteiger partial charge in [0.2, 0.25) is 0 Å². The molecule has 1 heterocycles. The van der Waals surface area contributed by atoms with E-state index >= 15 is 0 Å². The summed E-state index contributed by atoms with van der Waals surface area (Å²) in [5.74, 6) is 0.943. The van der Waals surface area contributed by atoms with Gasteiger partial charge in [-0.1, -0.05) is 18.9 Å². The normalized spacial score (nSPS) is 18.6. The summed E-state index contributed by atoms with van der Waals surface area (Å²) in [6, 6.07) is 6.94. The molecule has 2 atom stereocenters. The van der Waals surface area contributed by atoms with Crippen LogP contribution in [0.2, 0.25) is 0 Å². The molecule has 1 aromatic carbocycles. The van der Waals surface area contributed by atoms with Gasteiger partial charge >= 0.3 is 5.69 Å². The lowest BCUT2D eigenvalue weighted by molar-refractivity contribution is 0.438. The second-order valence-corrected chi connectivity index (χ2v) is 5.85. The Morgan fingerprint density at radius 3 is 2.74 bits per heavy atom. The van der Waals surface area contributed by atoms with Crippen LogP contribution in [0.4, 0.5) is 0 Å². The van der Waals surface area contributed by atoms with Crippen LogP contribution in [0.3, 0.4) is 0 Å². The van der Waals surface area contributed by atoms with E-state index in [9.17, 15) is 4.79 Å². The second kappa shape index (κ2) is 4.85. The standard InChI is InChI=1S/C15H21N3O/c1-9(7-11-3-4-11)16-10(2)12-5-6-13-14(8-12)18-15(19)17-13/h5-6,8-11,16H,3-4,7H2,1-2H3,(H2,17,18,19). The van der Waals surface area contributed by atoms with Gasteiger partial charge in [-0.25, -0.2) is 4.79 Å². The molecule has 0 amide bonds. The Labute approximate surface area is 112 Å². The predicted molar refractivity (Wildman–Crippen MR) is 77.3 cm³/mol. The summed E-state index contributed by atoms with van der Waals surface area (Å²) in [4.78, 5) is 16.8. The van der Waals surface area contributed by atoms with Crippen LogP contribution in [0.15, 0.2) is 23.0 Å². The summed E-state index contributed by atoms with van der Waals surface area (Å²) in [6.45, 7) is 4.43. The maximum atomic E-state index is 11.2. The number of rotatable bonds is 5. The molecule has 4 nitrogen and oxygen atoms in total. The number of aromatic amines is 2. The zero-order valence-electron chi connectivity index (χ0n) is 11.5. The first-order valence-electron chi connectivity index (χ1n) is 7.10. The highest BCUT2D eigenvalue weighted by molar-refractivity contribution is 5.75. The molecule has 1 saturated carbocycles. The predicted octanol–water partition coefficient (Wildman–Crippen LogP) is 2.70. The van der Waals surface area contributed by atoms with Crippen LogP contribution in [-0.2, 0) is 0 Å². The minimum absolute atomic E-state index is 0.144. The van der Waals surface area contributed by atoms with Gasteiger partial charge in [0, 0.05) is 12.1 Å². The average Bonchev–Trinajstić information content (AvgIpc) is 3.07. The monoisotopic (exact) mass is 259 g/mol. The molecule has 0 aliphatic heterocycles. The summed E-state index contributed by atoms with van der Waals surface area (Å²) in [5, 5.41) is 3.64. The summed E-state index contributed by atoms with van der Waals surface area (Å²) < 4.78 is 0. The van der Waals surface area contributed by atoms with Crippen molar-refractivity contribution in [3.8, 4) is 0 Å². The first-order valence-corrected chi connectivity index (χ1v) is 7.10. The lowest BCUT2D eigenvalue weighted by Crippen LogP contribution is -2.29. The fourth-order valence-electron chi connectivity index (χ4n) is 2.76. The fourth-order valence-corrected chi connectivity index (χ4v) is 2.76. The van der Waals surface area contributed by atoms with Gasteiger partial charge in [-0.3, -0.25) is 0 Å². The Hall–Kier alpha value is -1.55. The summed E-state index contributed by atoms with van der Waals surface area (Å²) in [7, 11) is 0. The van der Waals surface area contributed by atoms with E-state index < -0.39 is 0 Å². The molecule has 3 rings (SSSR count). The second-order valence-electron chi connectivity index (χ2n) is 5.85. The van der Waals surface area contributed by atoms with E-state index in [1.807, 2.05) is 6.07 Å². The van der Waals surface area contributed by atoms with Crippen LogP contribution < -0.4 is 11.0 Å². The van der Waals surface area contributed by atoms with E-state index in [1.165, 1.54) is 24.8 Å². The van der Waals surface area contributed by atoms with Gasteiger partial charge in [-0.15, -0.1) is 0 Å². The Kier molecular flexibility index (Phi) is 3.19. The lowest BCUT2D eigenvalue weighted by Gasteiger charge is -2.20. The highest BCUT2D eigenvalue weighted by Crippen LogP contribution is 2.33. The molecule has 0 bridgehead atoms. The Morgan fingerprint density at radius 2 is 2.00 bits per heavy atom. The van der Waals surface area contributed by atoms with Crippen molar-refractivity contribution in [2.75, 3.05) is 0 Å². The minimum atomic E-state index is -0.144. The molecule has 0 saturated heterocycles. The molecule has 1 aliphatic carbocycles. The first-order chi connectivity index (χ1) is 9.11. The molecule has 1 aromatic heterocycles. The number of benzene rings is 1. The van der Waals surface area contributed by atoms with Crippen LogP contribution in [0.25, 0.3) is 11.0 Å². The van der Waals surface area contributed by atoms with E-state index in [1.54, 1.807) is 0 Å². The molecule has 102 valence electrons. The number of aromatic nitrogens is 2. The van der Waals surface area contributed by atoms with E-state index in [0.29, 0.717) is 12.1 Å².